The van der Waals surface area contributed by atoms with Crippen LogP contribution in [0, 0.1) is 11.8 Å². The Hall–Kier alpha value is -2.54. The van der Waals surface area contributed by atoms with Crippen molar-refractivity contribution in [3.8, 4) is 5.75 Å². The van der Waals surface area contributed by atoms with Gasteiger partial charge >= 0.3 is 0 Å². The highest BCUT2D eigenvalue weighted by Crippen LogP contribution is 2.28. The lowest BCUT2D eigenvalue weighted by Gasteiger charge is -2.31. The number of H-pyrrole nitrogens is 1. The molecule has 0 spiro atoms. The van der Waals surface area contributed by atoms with Crippen LogP contribution in [0.15, 0.2) is 24.3 Å². The van der Waals surface area contributed by atoms with Gasteiger partial charge in [0.2, 0.25) is 5.91 Å². The number of hydrogen-bond acceptors (Lipinski definition) is 4. The van der Waals surface area contributed by atoms with Crippen LogP contribution in [0.5, 0.6) is 5.75 Å². The summed E-state index contributed by atoms with van der Waals surface area (Å²) in [6.45, 7) is 1.03. The number of piperidine rings is 1. The van der Waals surface area contributed by atoms with E-state index in [1.54, 1.807) is 23.1 Å². The van der Waals surface area contributed by atoms with Crippen LogP contribution in [0.4, 0.5) is 5.82 Å². The number of rotatable bonds is 6. The van der Waals surface area contributed by atoms with Gasteiger partial charge in [0.05, 0.1) is 12.7 Å². The van der Waals surface area contributed by atoms with Crippen LogP contribution in [-0.4, -0.2) is 47.1 Å². The number of amides is 2. The van der Waals surface area contributed by atoms with Crippen LogP contribution >= 0.6 is 11.6 Å². The van der Waals surface area contributed by atoms with Crippen LogP contribution in [0.25, 0.3) is 0 Å². The topological polar surface area (TPSA) is 87.3 Å². The van der Waals surface area contributed by atoms with Gasteiger partial charge in [0.15, 0.2) is 5.82 Å². The van der Waals surface area contributed by atoms with Crippen molar-refractivity contribution in [2.75, 3.05) is 25.5 Å². The van der Waals surface area contributed by atoms with Crippen LogP contribution in [0.2, 0.25) is 5.02 Å². The second-order valence-electron chi connectivity index (χ2n) is 8.89. The minimum Gasteiger partial charge on any atom is -0.496 e. The second-order valence-corrected chi connectivity index (χ2v) is 9.32. The summed E-state index contributed by atoms with van der Waals surface area (Å²) in [6, 6.07) is 6.98. The lowest BCUT2D eigenvalue weighted by atomic mass is 9.86. The summed E-state index contributed by atoms with van der Waals surface area (Å²) in [6.07, 6.45) is 8.74. The lowest BCUT2D eigenvalue weighted by Crippen LogP contribution is -2.41. The Morgan fingerprint density at radius 3 is 2.62 bits per heavy atom. The summed E-state index contributed by atoms with van der Waals surface area (Å²) >= 11 is 6.07. The number of carbonyl (C=O) groups excluding carboxylic acids is 2. The predicted molar refractivity (Wildman–Crippen MR) is 124 cm³/mol. The fourth-order valence-corrected chi connectivity index (χ4v) is 5.00. The van der Waals surface area contributed by atoms with Crippen molar-refractivity contribution in [3.63, 3.8) is 0 Å². The molecule has 172 valence electrons. The monoisotopic (exact) mass is 458 g/mol. The van der Waals surface area contributed by atoms with Gasteiger partial charge in [0, 0.05) is 35.8 Å². The van der Waals surface area contributed by atoms with Gasteiger partial charge in [-0.15, -0.1) is 0 Å². The predicted octanol–water partition coefficient (Wildman–Crippen LogP) is 4.69. The Morgan fingerprint density at radius 2 is 1.91 bits per heavy atom. The minimum atomic E-state index is -0.140. The van der Waals surface area contributed by atoms with E-state index >= 15 is 0 Å². The lowest BCUT2D eigenvalue weighted by molar-refractivity contribution is -0.121. The molecule has 2 aliphatic rings. The van der Waals surface area contributed by atoms with E-state index in [2.05, 4.69) is 15.5 Å². The maximum absolute atomic E-state index is 12.9. The fraction of sp³-hybridized carbons (Fsp3) is 0.542. The molecule has 0 unspecified atom stereocenters. The van der Waals surface area contributed by atoms with E-state index in [0.29, 0.717) is 54.0 Å². The molecule has 7 nitrogen and oxygen atoms in total. The van der Waals surface area contributed by atoms with Crippen molar-refractivity contribution >= 4 is 29.2 Å². The molecule has 0 radical (unpaired) electrons. The standard InChI is InChI=1S/C24H31ClN4O3/c1-32-21-8-7-18(25)14-20(21)24(31)29-11-9-17(10-12-29)23(30)26-22-15-19(27-28-22)13-16-5-3-2-4-6-16/h7-8,14-17H,2-6,9-13H2,1H3,(H2,26,27,28,30). The molecule has 4 rings (SSSR count). The molecule has 2 heterocycles. The molecule has 1 aromatic carbocycles. The highest BCUT2D eigenvalue weighted by atomic mass is 35.5. The maximum Gasteiger partial charge on any atom is 0.257 e. The zero-order chi connectivity index (χ0) is 22.5. The minimum absolute atomic E-state index is 0.0341. The Kier molecular flexibility index (Phi) is 7.35. The largest absolute Gasteiger partial charge is 0.496 e. The maximum atomic E-state index is 12.9. The van der Waals surface area contributed by atoms with E-state index in [4.69, 9.17) is 16.3 Å². The third-order valence-electron chi connectivity index (χ3n) is 6.66. The van der Waals surface area contributed by atoms with Crippen LogP contribution in [-0.2, 0) is 11.2 Å². The van der Waals surface area contributed by atoms with Crippen LogP contribution in [0.1, 0.15) is 61.0 Å². The molecular weight excluding hydrogens is 428 g/mol. The van der Waals surface area contributed by atoms with E-state index in [9.17, 15) is 9.59 Å². The fourth-order valence-electron chi connectivity index (χ4n) is 4.82. The SMILES string of the molecule is COc1ccc(Cl)cc1C(=O)N1CCC(C(=O)Nc2cc(CC3CCCCC3)[nH]n2)CC1. The Bertz CT molecular complexity index is 946. The average molecular weight is 459 g/mol. The third kappa shape index (κ3) is 5.44. The van der Waals surface area contributed by atoms with E-state index in [1.807, 2.05) is 6.07 Å². The highest BCUT2D eigenvalue weighted by molar-refractivity contribution is 6.31. The number of carbonyl (C=O) groups is 2. The number of halogens is 1. The Balaban J connectivity index is 1.28. The van der Waals surface area contributed by atoms with Crippen LogP contribution in [0.3, 0.4) is 0 Å². The van der Waals surface area contributed by atoms with E-state index in [0.717, 1.165) is 12.1 Å². The molecule has 2 N–H and O–H groups in total. The van der Waals surface area contributed by atoms with Crippen molar-refractivity contribution in [1.29, 1.82) is 0 Å². The van der Waals surface area contributed by atoms with E-state index in [-0.39, 0.29) is 17.7 Å². The summed E-state index contributed by atoms with van der Waals surface area (Å²) in [5, 5.41) is 10.8. The Labute approximate surface area is 193 Å². The van der Waals surface area contributed by atoms with E-state index in [1.165, 1.54) is 39.2 Å². The molecule has 1 saturated heterocycles. The van der Waals surface area contributed by atoms with Gasteiger partial charge in [-0.25, -0.2) is 0 Å². The first-order valence-electron chi connectivity index (χ1n) is 11.5. The van der Waals surface area contributed by atoms with Gasteiger partial charge < -0.3 is 15.0 Å². The molecule has 0 bridgehead atoms. The number of hydrogen-bond donors (Lipinski definition) is 2. The number of ether oxygens (including phenoxy) is 1. The van der Waals surface area contributed by atoms with Crippen LogP contribution < -0.4 is 10.1 Å². The molecular formula is C24H31ClN4O3. The van der Waals surface area contributed by atoms with Crippen molar-refractivity contribution in [2.45, 2.75) is 51.4 Å². The van der Waals surface area contributed by atoms with Gasteiger partial charge in [-0.2, -0.15) is 5.10 Å². The zero-order valence-corrected chi connectivity index (χ0v) is 19.3. The van der Waals surface area contributed by atoms with Gasteiger partial charge in [-0.1, -0.05) is 43.7 Å². The summed E-state index contributed by atoms with van der Waals surface area (Å²) in [5.74, 6) is 1.51. The van der Waals surface area contributed by atoms with Crippen molar-refractivity contribution < 1.29 is 14.3 Å². The quantitative estimate of drug-likeness (QED) is 0.657. The Morgan fingerprint density at radius 1 is 1.16 bits per heavy atom. The molecule has 8 heteroatoms. The number of benzene rings is 1. The van der Waals surface area contributed by atoms with Gasteiger partial charge in [-0.05, 0) is 43.4 Å². The first kappa shape index (κ1) is 22.6. The summed E-state index contributed by atoms with van der Waals surface area (Å²) in [5.41, 5.74) is 1.54. The first-order chi connectivity index (χ1) is 15.5. The highest BCUT2D eigenvalue weighted by Gasteiger charge is 2.29. The van der Waals surface area contributed by atoms with E-state index < -0.39 is 0 Å². The van der Waals surface area contributed by atoms with Crippen molar-refractivity contribution in [3.05, 3.63) is 40.5 Å². The third-order valence-corrected chi connectivity index (χ3v) is 6.90. The molecule has 2 amide bonds. The van der Waals surface area contributed by atoms with Gasteiger partial charge in [0.1, 0.15) is 5.75 Å². The number of aromatic nitrogens is 2. The molecule has 1 aromatic heterocycles. The zero-order valence-electron chi connectivity index (χ0n) is 18.5. The second kappa shape index (κ2) is 10.4. The number of likely N-dealkylation sites (tertiary alicyclic amines) is 1. The molecule has 0 atom stereocenters. The first-order valence-corrected chi connectivity index (χ1v) is 11.9. The van der Waals surface area contributed by atoms with Crippen molar-refractivity contribution in [2.24, 2.45) is 11.8 Å². The normalized spacial score (nSPS) is 17.9. The van der Waals surface area contributed by atoms with Gasteiger partial charge in [-0.3, -0.25) is 14.7 Å². The number of anilines is 1. The number of aromatic amines is 1. The summed E-state index contributed by atoms with van der Waals surface area (Å²) < 4.78 is 5.31. The van der Waals surface area contributed by atoms with Gasteiger partial charge in [0.25, 0.3) is 5.91 Å². The smallest absolute Gasteiger partial charge is 0.257 e. The molecule has 1 aliphatic heterocycles. The summed E-state index contributed by atoms with van der Waals surface area (Å²) in [7, 11) is 1.53. The molecule has 1 saturated carbocycles. The molecule has 2 fully saturated rings. The number of methoxy groups -OCH3 is 1. The molecule has 2 aromatic rings. The summed E-state index contributed by atoms with van der Waals surface area (Å²) in [4.78, 5) is 27.4. The number of nitrogens with zero attached hydrogens (tertiary/aromatic N) is 2. The van der Waals surface area contributed by atoms with Crippen molar-refractivity contribution in [1.82, 2.24) is 15.1 Å². The number of nitrogens with one attached hydrogen (secondary N) is 2. The molecule has 32 heavy (non-hydrogen) atoms. The average Bonchev–Trinajstić information content (AvgIpc) is 3.25. The molecule has 1 aliphatic carbocycles.